The van der Waals surface area contributed by atoms with E-state index in [4.69, 9.17) is 4.74 Å². The monoisotopic (exact) mass is 371 g/mol. The molecule has 1 unspecified atom stereocenters. The molecule has 0 radical (unpaired) electrons. The van der Waals surface area contributed by atoms with E-state index in [0.29, 0.717) is 57.1 Å². The number of piperidine rings is 1. The Morgan fingerprint density at radius 1 is 1.11 bits per heavy atom. The Labute approximate surface area is 159 Å². The highest BCUT2D eigenvalue weighted by Crippen LogP contribution is 2.22. The first-order chi connectivity index (χ1) is 13.1. The van der Waals surface area contributed by atoms with Crippen molar-refractivity contribution in [3.8, 4) is 0 Å². The number of nitrogens with zero attached hydrogens (tertiary/aromatic N) is 2. The average Bonchev–Trinajstić information content (AvgIpc) is 2.73. The van der Waals surface area contributed by atoms with Gasteiger partial charge in [0.05, 0.1) is 30.4 Å². The lowest BCUT2D eigenvalue weighted by Gasteiger charge is -2.31. The number of para-hydroxylation sites is 1. The zero-order valence-electron chi connectivity index (χ0n) is 15.4. The van der Waals surface area contributed by atoms with Gasteiger partial charge < -0.3 is 19.9 Å². The highest BCUT2D eigenvalue weighted by molar-refractivity contribution is 6.04. The summed E-state index contributed by atoms with van der Waals surface area (Å²) in [6, 6.07) is 7.04. The maximum atomic E-state index is 12.8. The first-order valence-electron chi connectivity index (χ1n) is 9.28. The molecule has 2 saturated heterocycles. The van der Waals surface area contributed by atoms with Crippen LogP contribution < -0.4 is 5.32 Å². The van der Waals surface area contributed by atoms with E-state index in [0.717, 1.165) is 6.42 Å². The lowest BCUT2D eigenvalue weighted by atomic mass is 9.96. The highest BCUT2D eigenvalue weighted by Gasteiger charge is 2.28. The number of carbonyl (C=O) groups is 3. The van der Waals surface area contributed by atoms with E-state index in [-0.39, 0.29) is 23.6 Å². The zero-order chi connectivity index (χ0) is 19.2. The minimum atomic E-state index is -0.297. The molecule has 7 heteroatoms. The summed E-state index contributed by atoms with van der Waals surface area (Å²) in [6.45, 7) is 6.65. The predicted octanol–water partition coefficient (Wildman–Crippen LogP) is 1.52. The van der Waals surface area contributed by atoms with Crippen molar-refractivity contribution in [3.63, 3.8) is 0 Å². The topological polar surface area (TPSA) is 79.0 Å². The summed E-state index contributed by atoms with van der Waals surface area (Å²) in [5.74, 6) is -0.732. The quantitative estimate of drug-likeness (QED) is 0.814. The van der Waals surface area contributed by atoms with Crippen LogP contribution in [0.2, 0.25) is 0 Å². The molecule has 1 aromatic rings. The van der Waals surface area contributed by atoms with Gasteiger partial charge in [-0.05, 0) is 31.1 Å². The van der Waals surface area contributed by atoms with Gasteiger partial charge in [-0.3, -0.25) is 14.4 Å². The van der Waals surface area contributed by atoms with Crippen molar-refractivity contribution >= 4 is 23.4 Å². The summed E-state index contributed by atoms with van der Waals surface area (Å²) >= 11 is 0. The number of ether oxygens (including phenoxy) is 1. The average molecular weight is 371 g/mol. The standard InChI is InChI=1S/C20H25N3O4/c1-2-18(24)23-9-5-6-15(14-23)19(25)21-17-8-4-3-7-16(17)20(26)22-10-12-27-13-11-22/h2-4,7-8,15H,1,5-6,9-14H2,(H,21,25). The number of rotatable bonds is 4. The van der Waals surface area contributed by atoms with Crippen molar-refractivity contribution in [3.05, 3.63) is 42.5 Å². The van der Waals surface area contributed by atoms with E-state index in [1.807, 2.05) is 0 Å². The molecule has 0 saturated carbocycles. The molecule has 2 aliphatic heterocycles. The second-order valence-electron chi connectivity index (χ2n) is 6.77. The van der Waals surface area contributed by atoms with Crippen LogP contribution in [0.4, 0.5) is 5.69 Å². The number of nitrogens with one attached hydrogen (secondary N) is 1. The second-order valence-corrected chi connectivity index (χ2v) is 6.77. The Morgan fingerprint density at radius 2 is 1.85 bits per heavy atom. The zero-order valence-corrected chi connectivity index (χ0v) is 15.4. The number of benzene rings is 1. The van der Waals surface area contributed by atoms with Crippen LogP contribution in [0.3, 0.4) is 0 Å². The molecule has 27 heavy (non-hydrogen) atoms. The fraction of sp³-hybridized carbons (Fsp3) is 0.450. The molecule has 0 aromatic heterocycles. The molecule has 2 fully saturated rings. The molecule has 2 heterocycles. The molecule has 0 aliphatic carbocycles. The second kappa shape index (κ2) is 8.81. The summed E-state index contributed by atoms with van der Waals surface area (Å²) in [7, 11) is 0. The first kappa shape index (κ1) is 19.1. The van der Waals surface area contributed by atoms with Crippen molar-refractivity contribution in [2.45, 2.75) is 12.8 Å². The number of carbonyl (C=O) groups excluding carboxylic acids is 3. The molecule has 7 nitrogen and oxygen atoms in total. The third-order valence-corrected chi connectivity index (χ3v) is 4.99. The molecule has 0 spiro atoms. The fourth-order valence-corrected chi connectivity index (χ4v) is 3.47. The van der Waals surface area contributed by atoms with Gasteiger partial charge in [-0.2, -0.15) is 0 Å². The fourth-order valence-electron chi connectivity index (χ4n) is 3.47. The van der Waals surface area contributed by atoms with Gasteiger partial charge in [-0.15, -0.1) is 0 Å². The van der Waals surface area contributed by atoms with Gasteiger partial charge in [0.1, 0.15) is 0 Å². The number of amides is 3. The van der Waals surface area contributed by atoms with E-state index < -0.39 is 0 Å². The van der Waals surface area contributed by atoms with Crippen molar-refractivity contribution < 1.29 is 19.1 Å². The first-order valence-corrected chi connectivity index (χ1v) is 9.28. The van der Waals surface area contributed by atoms with Crippen molar-refractivity contribution in [1.29, 1.82) is 0 Å². The SMILES string of the molecule is C=CC(=O)N1CCCC(C(=O)Nc2ccccc2C(=O)N2CCOCC2)C1. The lowest BCUT2D eigenvalue weighted by molar-refractivity contribution is -0.130. The van der Waals surface area contributed by atoms with E-state index in [2.05, 4.69) is 11.9 Å². The summed E-state index contributed by atoms with van der Waals surface area (Å²) in [5, 5.41) is 2.90. The van der Waals surface area contributed by atoms with E-state index >= 15 is 0 Å². The van der Waals surface area contributed by atoms with Crippen LogP contribution in [0.5, 0.6) is 0 Å². The van der Waals surface area contributed by atoms with Gasteiger partial charge in [0.25, 0.3) is 5.91 Å². The van der Waals surface area contributed by atoms with Crippen LogP contribution >= 0.6 is 0 Å². The summed E-state index contributed by atoms with van der Waals surface area (Å²) in [6.07, 6.45) is 2.76. The van der Waals surface area contributed by atoms with Gasteiger partial charge in [-0.25, -0.2) is 0 Å². The van der Waals surface area contributed by atoms with Gasteiger partial charge in [-0.1, -0.05) is 18.7 Å². The molecule has 2 aliphatic rings. The van der Waals surface area contributed by atoms with Crippen LogP contribution in [-0.2, 0) is 14.3 Å². The molecule has 3 amide bonds. The smallest absolute Gasteiger partial charge is 0.256 e. The van der Waals surface area contributed by atoms with Crippen molar-refractivity contribution in [1.82, 2.24) is 9.80 Å². The Bertz CT molecular complexity index is 728. The lowest BCUT2D eigenvalue weighted by Crippen LogP contribution is -2.43. The predicted molar refractivity (Wildman–Crippen MR) is 101 cm³/mol. The summed E-state index contributed by atoms with van der Waals surface area (Å²) < 4.78 is 5.30. The van der Waals surface area contributed by atoms with Gasteiger partial charge in [0.15, 0.2) is 0 Å². The molecule has 1 N–H and O–H groups in total. The van der Waals surface area contributed by atoms with Crippen molar-refractivity contribution in [2.24, 2.45) is 5.92 Å². The van der Waals surface area contributed by atoms with Gasteiger partial charge in [0, 0.05) is 26.2 Å². The minimum absolute atomic E-state index is 0.110. The van der Waals surface area contributed by atoms with Crippen LogP contribution in [0.1, 0.15) is 23.2 Å². The van der Waals surface area contributed by atoms with Crippen LogP contribution in [0.25, 0.3) is 0 Å². The largest absolute Gasteiger partial charge is 0.378 e. The number of hydrogen-bond donors (Lipinski definition) is 1. The van der Waals surface area contributed by atoms with Crippen molar-refractivity contribution in [2.75, 3.05) is 44.7 Å². The molecular formula is C20H25N3O4. The minimum Gasteiger partial charge on any atom is -0.378 e. The molecule has 1 aromatic carbocycles. The summed E-state index contributed by atoms with van der Waals surface area (Å²) in [5.41, 5.74) is 0.980. The Balaban J connectivity index is 1.70. The van der Waals surface area contributed by atoms with Gasteiger partial charge >= 0.3 is 0 Å². The van der Waals surface area contributed by atoms with Gasteiger partial charge in [0.2, 0.25) is 11.8 Å². The number of anilines is 1. The Hall–Kier alpha value is -2.67. The molecular weight excluding hydrogens is 346 g/mol. The van der Waals surface area contributed by atoms with E-state index in [9.17, 15) is 14.4 Å². The summed E-state index contributed by atoms with van der Waals surface area (Å²) in [4.78, 5) is 40.8. The number of morpholine rings is 1. The highest BCUT2D eigenvalue weighted by atomic mass is 16.5. The number of likely N-dealkylation sites (tertiary alicyclic amines) is 1. The van der Waals surface area contributed by atoms with Crippen LogP contribution in [0.15, 0.2) is 36.9 Å². The van der Waals surface area contributed by atoms with Crippen LogP contribution in [0, 0.1) is 5.92 Å². The van der Waals surface area contributed by atoms with E-state index in [1.165, 1.54) is 6.08 Å². The molecule has 144 valence electrons. The molecule has 0 bridgehead atoms. The maximum Gasteiger partial charge on any atom is 0.256 e. The Kier molecular flexibility index (Phi) is 6.24. The molecule has 1 atom stereocenters. The normalized spacial score (nSPS) is 20.1. The third-order valence-electron chi connectivity index (χ3n) is 4.99. The third kappa shape index (κ3) is 4.54. The number of hydrogen-bond acceptors (Lipinski definition) is 4. The van der Waals surface area contributed by atoms with E-state index in [1.54, 1.807) is 34.1 Å². The maximum absolute atomic E-state index is 12.8. The van der Waals surface area contributed by atoms with Crippen LogP contribution in [-0.4, -0.2) is 66.9 Å². The molecule has 3 rings (SSSR count). The Morgan fingerprint density at radius 3 is 2.59 bits per heavy atom.